The standard InChI is InChI=1S/C8H16O2S/c1-7(2)10-5-4-8(9)6-11-3/h7H,4-6H2,1-3H3. The number of carbonyl (C=O) groups excluding carboxylic acids is 1. The van der Waals surface area contributed by atoms with Gasteiger partial charge in [-0.15, -0.1) is 0 Å². The number of carbonyl (C=O) groups is 1. The van der Waals surface area contributed by atoms with Crippen LogP contribution in [0.15, 0.2) is 0 Å². The highest BCUT2D eigenvalue weighted by Crippen LogP contribution is 1.97. The second-order valence-electron chi connectivity index (χ2n) is 2.64. The predicted molar refractivity (Wildman–Crippen MR) is 49.1 cm³/mol. The Kier molecular flexibility index (Phi) is 6.66. The number of ketones is 1. The van der Waals surface area contributed by atoms with Crippen LogP contribution >= 0.6 is 11.8 Å². The average molecular weight is 176 g/mol. The monoisotopic (exact) mass is 176 g/mol. The Labute approximate surface area is 72.7 Å². The smallest absolute Gasteiger partial charge is 0.145 e. The van der Waals surface area contributed by atoms with Gasteiger partial charge < -0.3 is 4.74 Å². The van der Waals surface area contributed by atoms with Crippen molar-refractivity contribution in [3.63, 3.8) is 0 Å². The molecule has 0 aromatic carbocycles. The zero-order valence-electron chi connectivity index (χ0n) is 7.42. The van der Waals surface area contributed by atoms with E-state index in [1.807, 2.05) is 20.1 Å². The van der Waals surface area contributed by atoms with Crippen LogP contribution in [0.4, 0.5) is 0 Å². The van der Waals surface area contributed by atoms with Gasteiger partial charge in [-0.1, -0.05) is 0 Å². The molecule has 0 aromatic rings. The fourth-order valence-corrected chi connectivity index (χ4v) is 1.11. The Balaban J connectivity index is 3.17. The summed E-state index contributed by atoms with van der Waals surface area (Å²) in [6.45, 7) is 4.51. The summed E-state index contributed by atoms with van der Waals surface area (Å²) in [7, 11) is 0. The molecular formula is C8H16O2S. The van der Waals surface area contributed by atoms with E-state index >= 15 is 0 Å². The van der Waals surface area contributed by atoms with Crippen molar-refractivity contribution < 1.29 is 9.53 Å². The van der Waals surface area contributed by atoms with Gasteiger partial charge in [0.15, 0.2) is 0 Å². The highest BCUT2D eigenvalue weighted by Gasteiger charge is 2.00. The van der Waals surface area contributed by atoms with Crippen molar-refractivity contribution in [1.82, 2.24) is 0 Å². The van der Waals surface area contributed by atoms with E-state index < -0.39 is 0 Å². The zero-order valence-corrected chi connectivity index (χ0v) is 8.24. The van der Waals surface area contributed by atoms with Crippen molar-refractivity contribution in [3.8, 4) is 0 Å². The Bertz CT molecular complexity index is 113. The molecule has 0 saturated carbocycles. The minimum Gasteiger partial charge on any atom is -0.378 e. The van der Waals surface area contributed by atoms with Gasteiger partial charge in [0.1, 0.15) is 5.78 Å². The van der Waals surface area contributed by atoms with Crippen molar-refractivity contribution in [2.24, 2.45) is 0 Å². The molecule has 11 heavy (non-hydrogen) atoms. The Morgan fingerprint density at radius 3 is 2.64 bits per heavy atom. The first-order valence-electron chi connectivity index (χ1n) is 3.79. The Morgan fingerprint density at radius 1 is 1.55 bits per heavy atom. The number of Topliss-reactive ketones (excluding diaryl/α,β-unsaturated/α-hetero) is 1. The second-order valence-corrected chi connectivity index (χ2v) is 3.51. The average Bonchev–Trinajstić information content (AvgIpc) is 1.87. The van der Waals surface area contributed by atoms with E-state index in [2.05, 4.69) is 0 Å². The van der Waals surface area contributed by atoms with Gasteiger partial charge in [-0.3, -0.25) is 4.79 Å². The quantitative estimate of drug-likeness (QED) is 0.616. The van der Waals surface area contributed by atoms with Crippen LogP contribution in [0, 0.1) is 0 Å². The normalized spacial score (nSPS) is 10.5. The van der Waals surface area contributed by atoms with E-state index in [1.54, 1.807) is 11.8 Å². The van der Waals surface area contributed by atoms with Gasteiger partial charge in [0.2, 0.25) is 0 Å². The van der Waals surface area contributed by atoms with E-state index in [-0.39, 0.29) is 11.9 Å². The molecule has 0 unspecified atom stereocenters. The molecule has 0 aliphatic carbocycles. The molecule has 0 aromatic heterocycles. The van der Waals surface area contributed by atoms with E-state index in [4.69, 9.17) is 4.74 Å². The lowest BCUT2D eigenvalue weighted by atomic mass is 10.3. The first-order chi connectivity index (χ1) is 5.16. The van der Waals surface area contributed by atoms with Crippen LogP contribution in [0.3, 0.4) is 0 Å². The van der Waals surface area contributed by atoms with Gasteiger partial charge in [-0.2, -0.15) is 11.8 Å². The third-order valence-corrected chi connectivity index (χ3v) is 1.75. The fourth-order valence-electron chi connectivity index (χ4n) is 0.642. The minimum absolute atomic E-state index is 0.233. The molecule has 0 atom stereocenters. The summed E-state index contributed by atoms with van der Waals surface area (Å²) in [5.74, 6) is 0.889. The van der Waals surface area contributed by atoms with Crippen molar-refractivity contribution >= 4 is 17.5 Å². The van der Waals surface area contributed by atoms with Crippen molar-refractivity contribution in [2.45, 2.75) is 26.4 Å². The number of hydrogen-bond acceptors (Lipinski definition) is 3. The molecular weight excluding hydrogens is 160 g/mol. The Hall–Kier alpha value is -0.0200. The van der Waals surface area contributed by atoms with E-state index in [0.29, 0.717) is 18.8 Å². The van der Waals surface area contributed by atoms with E-state index in [0.717, 1.165) is 0 Å². The first-order valence-corrected chi connectivity index (χ1v) is 5.18. The summed E-state index contributed by atoms with van der Waals surface area (Å²) in [5, 5.41) is 0. The molecule has 0 saturated heterocycles. The lowest BCUT2D eigenvalue weighted by molar-refractivity contribution is -0.117. The maximum atomic E-state index is 10.9. The number of hydrogen-bond donors (Lipinski definition) is 0. The molecule has 0 spiro atoms. The van der Waals surface area contributed by atoms with Crippen LogP contribution in [-0.2, 0) is 9.53 Å². The van der Waals surface area contributed by atoms with Gasteiger partial charge in [0, 0.05) is 6.42 Å². The molecule has 0 amide bonds. The van der Waals surface area contributed by atoms with Gasteiger partial charge in [-0.05, 0) is 20.1 Å². The summed E-state index contributed by atoms with van der Waals surface area (Å²) in [4.78, 5) is 10.9. The lowest BCUT2D eigenvalue weighted by Gasteiger charge is -2.05. The lowest BCUT2D eigenvalue weighted by Crippen LogP contribution is -2.10. The molecule has 0 radical (unpaired) electrons. The molecule has 0 fully saturated rings. The third-order valence-electron chi connectivity index (χ3n) is 1.14. The van der Waals surface area contributed by atoms with Crippen LogP contribution in [0.2, 0.25) is 0 Å². The highest BCUT2D eigenvalue weighted by atomic mass is 32.2. The zero-order chi connectivity index (χ0) is 8.69. The maximum Gasteiger partial charge on any atom is 0.145 e. The third kappa shape index (κ3) is 7.88. The van der Waals surface area contributed by atoms with Crippen LogP contribution in [0.5, 0.6) is 0 Å². The fraction of sp³-hybridized carbons (Fsp3) is 0.875. The molecule has 0 heterocycles. The maximum absolute atomic E-state index is 10.9. The van der Waals surface area contributed by atoms with Gasteiger partial charge in [-0.25, -0.2) is 0 Å². The molecule has 0 aliphatic rings. The first kappa shape index (κ1) is 11.0. The van der Waals surface area contributed by atoms with Crippen LogP contribution < -0.4 is 0 Å². The highest BCUT2D eigenvalue weighted by molar-refractivity contribution is 7.99. The van der Waals surface area contributed by atoms with Crippen molar-refractivity contribution in [2.75, 3.05) is 18.6 Å². The number of thioether (sulfide) groups is 1. The van der Waals surface area contributed by atoms with Crippen LogP contribution in [0.1, 0.15) is 20.3 Å². The van der Waals surface area contributed by atoms with Crippen LogP contribution in [-0.4, -0.2) is 30.5 Å². The van der Waals surface area contributed by atoms with E-state index in [9.17, 15) is 4.79 Å². The minimum atomic E-state index is 0.233. The molecule has 0 aliphatic heterocycles. The summed E-state index contributed by atoms with van der Waals surface area (Å²) in [6.07, 6.45) is 2.72. The Morgan fingerprint density at radius 2 is 2.18 bits per heavy atom. The topological polar surface area (TPSA) is 26.3 Å². The summed E-state index contributed by atoms with van der Waals surface area (Å²) < 4.78 is 5.23. The summed E-state index contributed by atoms with van der Waals surface area (Å²) in [5.41, 5.74) is 0. The molecule has 0 bridgehead atoms. The molecule has 2 nitrogen and oxygen atoms in total. The van der Waals surface area contributed by atoms with Crippen molar-refractivity contribution in [3.05, 3.63) is 0 Å². The number of rotatable bonds is 6. The number of ether oxygens (including phenoxy) is 1. The molecule has 0 N–H and O–H groups in total. The van der Waals surface area contributed by atoms with Gasteiger partial charge in [0.25, 0.3) is 0 Å². The summed E-state index contributed by atoms with van der Waals surface area (Å²) >= 11 is 1.56. The molecule has 66 valence electrons. The second kappa shape index (κ2) is 6.68. The van der Waals surface area contributed by atoms with Crippen molar-refractivity contribution in [1.29, 1.82) is 0 Å². The predicted octanol–water partition coefficient (Wildman–Crippen LogP) is 1.73. The summed E-state index contributed by atoms with van der Waals surface area (Å²) in [6, 6.07) is 0. The molecule has 0 rings (SSSR count). The van der Waals surface area contributed by atoms with Gasteiger partial charge >= 0.3 is 0 Å². The van der Waals surface area contributed by atoms with Gasteiger partial charge in [0.05, 0.1) is 18.5 Å². The van der Waals surface area contributed by atoms with E-state index in [1.165, 1.54) is 0 Å². The van der Waals surface area contributed by atoms with Crippen LogP contribution in [0.25, 0.3) is 0 Å². The SMILES string of the molecule is CSCC(=O)CCOC(C)C. The molecule has 3 heteroatoms. The largest absolute Gasteiger partial charge is 0.378 e.